The third kappa shape index (κ3) is 4.94. The number of nitrogen functional groups attached to an aromatic ring is 2. The summed E-state index contributed by atoms with van der Waals surface area (Å²) >= 11 is 4.10. The van der Waals surface area contributed by atoms with E-state index in [2.05, 4.69) is 42.3 Å². The number of fused-ring (bicyclic) bond motifs is 2. The van der Waals surface area contributed by atoms with Crippen molar-refractivity contribution in [1.29, 1.82) is 0 Å². The van der Waals surface area contributed by atoms with Crippen molar-refractivity contribution in [2.75, 3.05) is 24.7 Å². The zero-order valence-electron chi connectivity index (χ0n) is 20.5. The third-order valence-corrected chi connectivity index (χ3v) is 8.30. The predicted molar refractivity (Wildman–Crippen MR) is 139 cm³/mol. The van der Waals surface area contributed by atoms with Crippen LogP contribution in [-0.4, -0.2) is 86.9 Å². The Balaban J connectivity index is 1.15. The minimum absolute atomic E-state index is 0.0105. The Bertz CT molecular complexity index is 1660. The van der Waals surface area contributed by atoms with Crippen molar-refractivity contribution in [2.45, 2.75) is 49.6 Å². The molecule has 0 unspecified atom stereocenters. The standard InChI is InChI=1S/C20H25N10O8PS/c21-15-17-23-3-9(30(17)26-6-24-15)11-2-10(32)13(37-11)5-35-39(34,40)38-12-1-8(4-31)36-19(12)29-7-25-14-16(29)27-20(22)28-18(14)33/h3,6-8,10-13,19,31-32H,1-2,4-5H2,(H,34,40)(H2,21,24,26)(H3,22,27,28,33)/t8-,10-,11+,12+,13+,19+,39+/m0/s1. The molecule has 2 aliphatic heterocycles. The van der Waals surface area contributed by atoms with E-state index in [9.17, 15) is 19.6 Å². The molecule has 0 saturated carbocycles. The van der Waals surface area contributed by atoms with Crippen LogP contribution in [0.5, 0.6) is 0 Å². The lowest BCUT2D eigenvalue weighted by Crippen LogP contribution is -2.26. The van der Waals surface area contributed by atoms with Gasteiger partial charge in [0.2, 0.25) is 5.95 Å². The summed E-state index contributed by atoms with van der Waals surface area (Å²) in [7, 11) is 0. The fourth-order valence-corrected chi connectivity index (χ4v) is 6.30. The Labute approximate surface area is 229 Å². The lowest BCUT2D eigenvalue weighted by Gasteiger charge is -2.24. The Kier molecular flexibility index (Phi) is 6.99. The Morgan fingerprint density at radius 3 is 2.85 bits per heavy atom. The molecule has 7 atom stereocenters. The molecule has 0 amide bonds. The fraction of sp³-hybridized carbons (Fsp3) is 0.500. The van der Waals surface area contributed by atoms with E-state index in [1.165, 1.54) is 27.9 Å². The van der Waals surface area contributed by atoms with E-state index in [1.54, 1.807) is 0 Å². The average molecular weight is 597 g/mol. The summed E-state index contributed by atoms with van der Waals surface area (Å²) in [6.07, 6.45) is -0.584. The van der Waals surface area contributed by atoms with E-state index in [4.69, 9.17) is 30.0 Å². The van der Waals surface area contributed by atoms with Gasteiger partial charge in [0, 0.05) is 12.8 Å². The lowest BCUT2D eigenvalue weighted by atomic mass is 10.1. The summed E-state index contributed by atoms with van der Waals surface area (Å²) < 4.78 is 39.1. The summed E-state index contributed by atoms with van der Waals surface area (Å²) in [5, 5.41) is 24.4. The lowest BCUT2D eigenvalue weighted by molar-refractivity contribution is -0.0483. The van der Waals surface area contributed by atoms with Gasteiger partial charge in [-0.2, -0.15) is 10.1 Å². The molecule has 2 saturated heterocycles. The van der Waals surface area contributed by atoms with Crippen LogP contribution < -0.4 is 17.0 Å². The normalized spacial score (nSPS) is 28.5. The summed E-state index contributed by atoms with van der Waals surface area (Å²) in [5.74, 6) is 0.0603. The molecule has 6 heterocycles. The first kappa shape index (κ1) is 27.0. The molecular weight excluding hydrogens is 571 g/mol. The first-order valence-electron chi connectivity index (χ1n) is 12.1. The van der Waals surface area contributed by atoms with Crippen LogP contribution in [0.25, 0.3) is 16.8 Å². The van der Waals surface area contributed by atoms with Crippen molar-refractivity contribution < 1.29 is 33.3 Å². The number of aromatic amines is 1. The minimum atomic E-state index is -4.06. The number of nitrogens with two attached hydrogens (primary N) is 2. The molecule has 0 aromatic carbocycles. The van der Waals surface area contributed by atoms with E-state index in [0.29, 0.717) is 11.3 Å². The number of aliphatic hydroxyl groups excluding tert-OH is 2. The van der Waals surface area contributed by atoms with Gasteiger partial charge in [0.1, 0.15) is 24.6 Å². The molecule has 2 fully saturated rings. The second-order valence-corrected chi connectivity index (χ2v) is 12.2. The van der Waals surface area contributed by atoms with Crippen LogP contribution >= 0.6 is 19.0 Å². The number of nitrogens with zero attached hydrogens (tertiary/aromatic N) is 7. The maximum atomic E-state index is 13.2. The molecule has 2 aliphatic rings. The molecule has 0 spiro atoms. The number of rotatable bonds is 8. The average Bonchev–Trinajstić information content (AvgIpc) is 3.68. The van der Waals surface area contributed by atoms with Gasteiger partial charge in [-0.05, 0) is 0 Å². The highest BCUT2D eigenvalue weighted by Gasteiger charge is 2.43. The molecule has 7 N–H and O–H groups in total. The molecule has 40 heavy (non-hydrogen) atoms. The van der Waals surface area contributed by atoms with Gasteiger partial charge in [-0.1, -0.05) is 12.2 Å². The highest BCUT2D eigenvalue weighted by molar-refractivity contribution is 8.44. The molecule has 4 aromatic heterocycles. The highest BCUT2D eigenvalue weighted by atomic mass is 32.7. The largest absolute Gasteiger partial charge is 0.394 e. The maximum absolute atomic E-state index is 13.2. The number of H-pyrrole nitrogens is 1. The van der Waals surface area contributed by atoms with Crippen molar-refractivity contribution in [3.05, 3.63) is 34.9 Å². The number of hydrogen-bond donors (Lipinski definition) is 6. The summed E-state index contributed by atoms with van der Waals surface area (Å²) in [6.45, 7) is -4.72. The second kappa shape index (κ2) is 10.3. The van der Waals surface area contributed by atoms with E-state index < -0.39 is 49.1 Å². The van der Waals surface area contributed by atoms with Gasteiger partial charge in [0.05, 0.1) is 43.6 Å². The number of ether oxygens (including phenoxy) is 2. The molecule has 0 radical (unpaired) electrons. The molecule has 214 valence electrons. The maximum Gasteiger partial charge on any atom is 0.386 e. The topological polar surface area (TPSA) is 253 Å². The van der Waals surface area contributed by atoms with Crippen molar-refractivity contribution >= 4 is 47.6 Å². The Hall–Kier alpha value is -3.16. The molecule has 0 aliphatic carbocycles. The highest BCUT2D eigenvalue weighted by Crippen LogP contribution is 2.57. The smallest absolute Gasteiger partial charge is 0.386 e. The van der Waals surface area contributed by atoms with Gasteiger partial charge in [-0.25, -0.2) is 24.0 Å². The number of aliphatic hydroxyl groups is 2. The van der Waals surface area contributed by atoms with Crippen molar-refractivity contribution in [2.24, 2.45) is 0 Å². The van der Waals surface area contributed by atoms with Gasteiger partial charge >= 0.3 is 6.80 Å². The second-order valence-electron chi connectivity index (χ2n) is 9.28. The van der Waals surface area contributed by atoms with E-state index >= 15 is 0 Å². The SMILES string of the molecule is Nc1nc2c(ncn2[C@@H]2O[C@H](CO)C[C@H]2O[P@](=O)(S)OC[C@H]2O[C@@H](c3cnc4c(N)ncnn34)C[C@@H]2O)c(=O)[nH]1. The molecular formula is C20H25N10O8PS. The summed E-state index contributed by atoms with van der Waals surface area (Å²) in [4.78, 5) is 30.8. The van der Waals surface area contributed by atoms with Crippen molar-refractivity contribution in [3.8, 4) is 0 Å². The van der Waals surface area contributed by atoms with E-state index in [1.807, 2.05) is 0 Å². The van der Waals surface area contributed by atoms with Crippen LogP contribution in [0.1, 0.15) is 30.9 Å². The molecule has 20 heteroatoms. The van der Waals surface area contributed by atoms with Crippen LogP contribution in [0, 0.1) is 0 Å². The Morgan fingerprint density at radius 2 is 2.05 bits per heavy atom. The van der Waals surface area contributed by atoms with Gasteiger partial charge in [0.25, 0.3) is 5.56 Å². The van der Waals surface area contributed by atoms with E-state index in [-0.39, 0.29) is 49.0 Å². The van der Waals surface area contributed by atoms with Gasteiger partial charge < -0.3 is 31.2 Å². The number of imidazole rings is 2. The molecule has 18 nitrogen and oxygen atoms in total. The van der Waals surface area contributed by atoms with Crippen LogP contribution in [0.3, 0.4) is 0 Å². The van der Waals surface area contributed by atoms with Crippen LogP contribution in [-0.2, 0) is 23.1 Å². The Morgan fingerprint density at radius 1 is 1.23 bits per heavy atom. The fourth-order valence-electron chi connectivity index (χ4n) is 4.81. The molecule has 6 rings (SSSR count). The summed E-state index contributed by atoms with van der Waals surface area (Å²) in [5.41, 5.74) is 12.0. The van der Waals surface area contributed by atoms with Crippen LogP contribution in [0.4, 0.5) is 11.8 Å². The monoisotopic (exact) mass is 596 g/mol. The predicted octanol–water partition coefficient (Wildman–Crippen LogP) is -0.668. The molecule has 4 aromatic rings. The van der Waals surface area contributed by atoms with Gasteiger partial charge in [0.15, 0.2) is 28.9 Å². The zero-order valence-corrected chi connectivity index (χ0v) is 22.3. The first-order valence-corrected chi connectivity index (χ1v) is 14.7. The first-order chi connectivity index (χ1) is 19.1. The quantitative estimate of drug-likeness (QED) is 0.109. The van der Waals surface area contributed by atoms with Crippen LogP contribution in [0.2, 0.25) is 0 Å². The number of aromatic nitrogens is 8. The van der Waals surface area contributed by atoms with Gasteiger partial charge in [-0.3, -0.25) is 23.4 Å². The number of thiol groups is 1. The number of nitrogens with one attached hydrogen (secondary N) is 1. The van der Waals surface area contributed by atoms with Crippen molar-refractivity contribution in [1.82, 2.24) is 39.1 Å². The zero-order chi connectivity index (χ0) is 28.2. The van der Waals surface area contributed by atoms with E-state index in [0.717, 1.165) is 0 Å². The third-order valence-electron chi connectivity index (χ3n) is 6.66. The number of hydrogen-bond acceptors (Lipinski definition) is 15. The molecule has 0 bridgehead atoms. The summed E-state index contributed by atoms with van der Waals surface area (Å²) in [6, 6.07) is 0. The van der Waals surface area contributed by atoms with Gasteiger partial charge in [-0.15, -0.1) is 0 Å². The number of anilines is 2. The van der Waals surface area contributed by atoms with Crippen LogP contribution in [0.15, 0.2) is 23.6 Å². The minimum Gasteiger partial charge on any atom is -0.394 e. The van der Waals surface area contributed by atoms with Crippen molar-refractivity contribution in [3.63, 3.8) is 0 Å².